The van der Waals surface area contributed by atoms with Crippen LogP contribution in [0.15, 0.2) is 0 Å². The lowest BCUT2D eigenvalue weighted by Crippen LogP contribution is -1.90. The molecular weight excluding hydrogens is 248 g/mol. The Hall–Kier alpha value is -0.970. The normalized spacial score (nSPS) is 10.1. The van der Waals surface area contributed by atoms with Gasteiger partial charge in [0.05, 0.1) is 0 Å². The molecule has 0 atom stereocenters. The molecule has 0 amide bonds. The fourth-order valence-electron chi connectivity index (χ4n) is 2.28. The molecule has 0 spiro atoms. The summed E-state index contributed by atoms with van der Waals surface area (Å²) in [5, 5.41) is 8.41. The molecule has 2 nitrogen and oxygen atoms in total. The molecule has 2 heteroatoms. The Labute approximate surface area is 125 Å². The van der Waals surface area contributed by atoms with Crippen LogP contribution in [0.4, 0.5) is 0 Å². The molecule has 0 bridgehead atoms. The van der Waals surface area contributed by atoms with Crippen LogP contribution in [0.2, 0.25) is 0 Å². The molecule has 0 aliphatic rings. The van der Waals surface area contributed by atoms with Gasteiger partial charge in [-0.05, 0) is 6.42 Å². The van der Waals surface area contributed by atoms with Gasteiger partial charge in [0, 0.05) is 6.42 Å². The van der Waals surface area contributed by atoms with Crippen LogP contribution in [0.1, 0.15) is 96.8 Å². The molecule has 20 heavy (non-hydrogen) atoms. The number of hydrogen-bond donors (Lipinski definition) is 1. The zero-order valence-electron chi connectivity index (χ0n) is 13.3. The number of unbranched alkanes of at least 4 members (excludes halogenated alkanes) is 12. The molecule has 116 valence electrons. The van der Waals surface area contributed by atoms with Crippen LogP contribution in [0.25, 0.3) is 0 Å². The predicted octanol–water partition coefficient (Wildman–Crippen LogP) is 5.56. The van der Waals surface area contributed by atoms with Crippen LogP contribution in [0.5, 0.6) is 0 Å². The molecule has 0 fully saturated rings. The Morgan fingerprint density at radius 2 is 1.20 bits per heavy atom. The van der Waals surface area contributed by atoms with Crippen molar-refractivity contribution in [1.29, 1.82) is 0 Å². The summed E-state index contributed by atoms with van der Waals surface area (Å²) in [6.07, 6.45) is 17.0. The van der Waals surface area contributed by atoms with E-state index in [0.717, 1.165) is 12.8 Å². The van der Waals surface area contributed by atoms with Crippen LogP contribution in [0.3, 0.4) is 0 Å². The fourth-order valence-corrected chi connectivity index (χ4v) is 2.28. The van der Waals surface area contributed by atoms with Gasteiger partial charge in [-0.1, -0.05) is 83.5 Å². The summed E-state index contributed by atoms with van der Waals surface area (Å²) in [6.45, 7) is 2.26. The first-order chi connectivity index (χ1) is 9.77. The summed E-state index contributed by atoms with van der Waals surface area (Å²) < 4.78 is 0. The van der Waals surface area contributed by atoms with Gasteiger partial charge in [0.25, 0.3) is 0 Å². The third-order valence-electron chi connectivity index (χ3n) is 3.52. The molecule has 0 saturated carbocycles. The van der Waals surface area contributed by atoms with Crippen LogP contribution in [0, 0.1) is 11.8 Å². The average Bonchev–Trinajstić information content (AvgIpc) is 2.43. The number of carbonyl (C=O) groups is 1. The van der Waals surface area contributed by atoms with E-state index in [1.807, 2.05) is 0 Å². The molecule has 0 aromatic heterocycles. The van der Waals surface area contributed by atoms with Gasteiger partial charge in [0.1, 0.15) is 6.42 Å². The van der Waals surface area contributed by atoms with E-state index in [0.29, 0.717) is 0 Å². The maximum absolute atomic E-state index is 10.2. The van der Waals surface area contributed by atoms with Crippen molar-refractivity contribution in [3.8, 4) is 11.8 Å². The average molecular weight is 280 g/mol. The van der Waals surface area contributed by atoms with Crippen LogP contribution in [-0.2, 0) is 4.79 Å². The van der Waals surface area contributed by atoms with E-state index in [1.165, 1.54) is 70.6 Å². The minimum absolute atomic E-state index is 0.0156. The van der Waals surface area contributed by atoms with Crippen molar-refractivity contribution in [2.45, 2.75) is 96.8 Å². The first-order valence-electron chi connectivity index (χ1n) is 8.45. The van der Waals surface area contributed by atoms with Crippen LogP contribution >= 0.6 is 0 Å². The van der Waals surface area contributed by atoms with E-state index in [1.54, 1.807) is 0 Å². The number of carboxylic acid groups (broad SMARTS) is 1. The molecule has 0 saturated heterocycles. The highest BCUT2D eigenvalue weighted by molar-refractivity contribution is 5.69. The molecular formula is C18H32O2. The number of hydrogen-bond acceptors (Lipinski definition) is 1. The molecule has 0 aromatic carbocycles. The quantitative estimate of drug-likeness (QED) is 0.354. The number of aliphatic carboxylic acids is 1. The second kappa shape index (κ2) is 16.1. The maximum atomic E-state index is 10.2. The fraction of sp³-hybridized carbons (Fsp3) is 0.833. The topological polar surface area (TPSA) is 37.3 Å². The van der Waals surface area contributed by atoms with Gasteiger partial charge in [0.2, 0.25) is 0 Å². The Bertz CT molecular complexity index is 273. The van der Waals surface area contributed by atoms with Crippen molar-refractivity contribution >= 4 is 5.97 Å². The molecule has 0 aromatic rings. The monoisotopic (exact) mass is 280 g/mol. The summed E-state index contributed by atoms with van der Waals surface area (Å²) in [6, 6.07) is 0. The Morgan fingerprint density at radius 1 is 0.750 bits per heavy atom. The molecule has 0 rings (SSSR count). The summed E-state index contributed by atoms with van der Waals surface area (Å²) in [4.78, 5) is 10.2. The zero-order chi connectivity index (χ0) is 14.9. The van der Waals surface area contributed by atoms with Crippen LogP contribution < -0.4 is 0 Å². The number of carboxylic acids is 1. The molecule has 0 heterocycles. The van der Waals surface area contributed by atoms with Gasteiger partial charge in [0.15, 0.2) is 0 Å². The second-order valence-corrected chi connectivity index (χ2v) is 5.56. The van der Waals surface area contributed by atoms with Gasteiger partial charge < -0.3 is 5.11 Å². The second-order valence-electron chi connectivity index (χ2n) is 5.56. The Kier molecular flexibility index (Phi) is 15.3. The maximum Gasteiger partial charge on any atom is 0.315 e. The van der Waals surface area contributed by atoms with Gasteiger partial charge in [-0.3, -0.25) is 4.79 Å². The SMILES string of the molecule is CCCCCCCCCCCCCCC#CCC(=O)O. The van der Waals surface area contributed by atoms with Crippen molar-refractivity contribution in [2.24, 2.45) is 0 Å². The highest BCUT2D eigenvalue weighted by Crippen LogP contribution is 2.12. The minimum atomic E-state index is -0.827. The molecule has 0 radical (unpaired) electrons. The summed E-state index contributed by atoms with van der Waals surface area (Å²) in [5.41, 5.74) is 0. The van der Waals surface area contributed by atoms with Crippen molar-refractivity contribution in [3.05, 3.63) is 0 Å². The van der Waals surface area contributed by atoms with Crippen LogP contribution in [-0.4, -0.2) is 11.1 Å². The molecule has 0 aliphatic carbocycles. The largest absolute Gasteiger partial charge is 0.481 e. The Morgan fingerprint density at radius 3 is 1.65 bits per heavy atom. The van der Waals surface area contributed by atoms with Gasteiger partial charge in [-0.2, -0.15) is 0 Å². The highest BCUT2D eigenvalue weighted by Gasteiger charge is 1.93. The molecule has 1 N–H and O–H groups in total. The smallest absolute Gasteiger partial charge is 0.315 e. The lowest BCUT2D eigenvalue weighted by molar-refractivity contribution is -0.135. The van der Waals surface area contributed by atoms with E-state index >= 15 is 0 Å². The van der Waals surface area contributed by atoms with Gasteiger partial charge >= 0.3 is 5.97 Å². The molecule has 0 aliphatic heterocycles. The van der Waals surface area contributed by atoms with Crippen molar-refractivity contribution in [3.63, 3.8) is 0 Å². The lowest BCUT2D eigenvalue weighted by atomic mass is 10.0. The van der Waals surface area contributed by atoms with E-state index in [2.05, 4.69) is 18.8 Å². The van der Waals surface area contributed by atoms with Gasteiger partial charge in [-0.15, -0.1) is 5.92 Å². The number of rotatable bonds is 13. The lowest BCUT2D eigenvalue weighted by Gasteiger charge is -2.01. The zero-order valence-corrected chi connectivity index (χ0v) is 13.3. The summed E-state index contributed by atoms with van der Waals surface area (Å²) >= 11 is 0. The predicted molar refractivity (Wildman–Crippen MR) is 85.7 cm³/mol. The minimum Gasteiger partial charge on any atom is -0.481 e. The van der Waals surface area contributed by atoms with E-state index < -0.39 is 5.97 Å². The first-order valence-corrected chi connectivity index (χ1v) is 8.45. The summed E-state index contributed by atoms with van der Waals surface area (Å²) in [7, 11) is 0. The standard InChI is InChI=1S/C18H32O2/c1-2-3-4-5-6-7-8-9-10-11-12-13-14-15-16-17-18(19)20/h2-14,17H2,1H3,(H,19,20). The third-order valence-corrected chi connectivity index (χ3v) is 3.52. The van der Waals surface area contributed by atoms with E-state index in [-0.39, 0.29) is 6.42 Å². The highest BCUT2D eigenvalue weighted by atomic mass is 16.4. The van der Waals surface area contributed by atoms with E-state index in [9.17, 15) is 4.79 Å². The first kappa shape index (κ1) is 19.0. The molecule has 0 unspecified atom stereocenters. The van der Waals surface area contributed by atoms with Crippen molar-refractivity contribution < 1.29 is 9.90 Å². The third kappa shape index (κ3) is 17.0. The van der Waals surface area contributed by atoms with Gasteiger partial charge in [-0.25, -0.2) is 0 Å². The summed E-state index contributed by atoms with van der Waals surface area (Å²) in [5.74, 6) is 4.77. The van der Waals surface area contributed by atoms with Crippen molar-refractivity contribution in [2.75, 3.05) is 0 Å². The van der Waals surface area contributed by atoms with Crippen molar-refractivity contribution in [1.82, 2.24) is 0 Å². The van der Waals surface area contributed by atoms with E-state index in [4.69, 9.17) is 5.11 Å². The Balaban J connectivity index is 3.05.